The van der Waals surface area contributed by atoms with Crippen molar-refractivity contribution in [1.29, 1.82) is 10.5 Å². The molecule has 1 aromatic carbocycles. The van der Waals surface area contributed by atoms with Crippen molar-refractivity contribution in [3.63, 3.8) is 0 Å². The fraction of sp³-hybridized carbons (Fsp3) is 0.500. The summed E-state index contributed by atoms with van der Waals surface area (Å²) >= 11 is 12.4. The number of ether oxygens (including phenoxy) is 2. The van der Waals surface area contributed by atoms with Crippen molar-refractivity contribution < 1.29 is 9.47 Å². The van der Waals surface area contributed by atoms with Crippen LogP contribution in [0.2, 0.25) is 10.0 Å². The molecule has 22 heavy (non-hydrogen) atoms. The van der Waals surface area contributed by atoms with E-state index in [1.165, 1.54) is 0 Å². The van der Waals surface area contributed by atoms with Gasteiger partial charge < -0.3 is 9.47 Å². The van der Waals surface area contributed by atoms with E-state index in [0.717, 1.165) is 25.7 Å². The van der Waals surface area contributed by atoms with Crippen LogP contribution in [0.25, 0.3) is 0 Å². The van der Waals surface area contributed by atoms with E-state index in [0.29, 0.717) is 13.2 Å². The summed E-state index contributed by atoms with van der Waals surface area (Å²) in [4.78, 5) is 0. The number of hydrogen-bond donors (Lipinski definition) is 0. The van der Waals surface area contributed by atoms with Gasteiger partial charge in [0.05, 0.1) is 13.2 Å². The fourth-order valence-electron chi connectivity index (χ4n) is 1.77. The van der Waals surface area contributed by atoms with E-state index in [4.69, 9.17) is 32.7 Å². The van der Waals surface area contributed by atoms with Gasteiger partial charge in [0, 0.05) is 0 Å². The Labute approximate surface area is 141 Å². The van der Waals surface area contributed by atoms with Gasteiger partial charge >= 0.3 is 0 Å². The molecule has 0 aliphatic heterocycles. The van der Waals surface area contributed by atoms with Crippen molar-refractivity contribution in [2.24, 2.45) is 0 Å². The lowest BCUT2D eigenvalue weighted by molar-refractivity contribution is 0.300. The molecule has 0 radical (unpaired) electrons. The van der Waals surface area contributed by atoms with Crippen molar-refractivity contribution in [3.05, 3.63) is 21.2 Å². The van der Waals surface area contributed by atoms with Crippen LogP contribution in [-0.4, -0.2) is 13.2 Å². The summed E-state index contributed by atoms with van der Waals surface area (Å²) in [5, 5.41) is 18.9. The average molecular weight is 341 g/mol. The Bertz CT molecular complexity index is 551. The van der Waals surface area contributed by atoms with Crippen molar-refractivity contribution >= 4 is 23.2 Å². The molecule has 0 saturated carbocycles. The highest BCUT2D eigenvalue weighted by atomic mass is 35.5. The number of benzene rings is 1. The zero-order valence-corrected chi connectivity index (χ0v) is 14.2. The van der Waals surface area contributed by atoms with Gasteiger partial charge in [-0.15, -0.1) is 0 Å². The zero-order valence-electron chi connectivity index (χ0n) is 12.7. The smallest absolute Gasteiger partial charge is 0.158 e. The second kappa shape index (κ2) is 9.41. The van der Waals surface area contributed by atoms with Crippen molar-refractivity contribution in [1.82, 2.24) is 0 Å². The van der Waals surface area contributed by atoms with E-state index in [1.807, 2.05) is 26.0 Å². The molecule has 0 unspecified atom stereocenters. The average Bonchev–Trinajstić information content (AvgIpc) is 2.53. The first-order valence-corrected chi connectivity index (χ1v) is 7.98. The molecule has 1 aromatic rings. The molecule has 6 heteroatoms. The molecule has 0 fully saturated rings. The molecule has 0 aliphatic rings. The molecule has 1 rings (SSSR count). The Hall–Kier alpha value is -1.62. The number of nitriles is 2. The maximum absolute atomic E-state index is 9.36. The van der Waals surface area contributed by atoms with Gasteiger partial charge in [-0.1, -0.05) is 49.9 Å². The molecule has 0 atom stereocenters. The van der Waals surface area contributed by atoms with Crippen LogP contribution in [0.4, 0.5) is 0 Å². The van der Waals surface area contributed by atoms with Crippen molar-refractivity contribution in [2.75, 3.05) is 13.2 Å². The number of nitrogens with zero attached hydrogens (tertiary/aromatic N) is 2. The lowest BCUT2D eigenvalue weighted by Crippen LogP contribution is -2.05. The first kappa shape index (κ1) is 18.4. The first-order valence-electron chi connectivity index (χ1n) is 7.22. The topological polar surface area (TPSA) is 66.0 Å². The van der Waals surface area contributed by atoms with Crippen LogP contribution in [0.15, 0.2) is 0 Å². The third kappa shape index (κ3) is 4.19. The predicted octanol–water partition coefficient (Wildman–Crippen LogP) is 5.09. The number of halogens is 2. The molecule has 0 saturated heterocycles. The predicted molar refractivity (Wildman–Crippen MR) is 86.7 cm³/mol. The maximum atomic E-state index is 9.36. The van der Waals surface area contributed by atoms with E-state index in [9.17, 15) is 10.5 Å². The van der Waals surface area contributed by atoms with Crippen molar-refractivity contribution in [2.45, 2.75) is 39.5 Å². The Morgan fingerprint density at radius 2 is 1.18 bits per heavy atom. The van der Waals surface area contributed by atoms with E-state index < -0.39 is 0 Å². The molecule has 0 heterocycles. The SMILES string of the molecule is CCCCOc1c(Cl)c(Cl)c(OCCCC)c(C#N)c1C#N. The third-order valence-electron chi connectivity index (χ3n) is 3.01. The largest absolute Gasteiger partial charge is 0.491 e. The third-order valence-corrected chi connectivity index (χ3v) is 3.83. The van der Waals surface area contributed by atoms with Crippen LogP contribution in [-0.2, 0) is 0 Å². The van der Waals surface area contributed by atoms with Gasteiger partial charge in [0.2, 0.25) is 0 Å². The van der Waals surface area contributed by atoms with Gasteiger partial charge in [-0.3, -0.25) is 0 Å². The van der Waals surface area contributed by atoms with Gasteiger partial charge in [0.25, 0.3) is 0 Å². The highest BCUT2D eigenvalue weighted by Gasteiger charge is 2.24. The minimum atomic E-state index is 0.0690. The van der Waals surface area contributed by atoms with Crippen LogP contribution < -0.4 is 9.47 Å². The lowest BCUT2D eigenvalue weighted by atomic mass is 10.1. The number of unbranched alkanes of at least 4 members (excludes halogenated alkanes) is 2. The van der Waals surface area contributed by atoms with Crippen LogP contribution in [0.3, 0.4) is 0 Å². The Kier molecular flexibility index (Phi) is 7.88. The summed E-state index contributed by atoms with van der Waals surface area (Å²) in [5.41, 5.74) is 0.138. The molecule has 4 nitrogen and oxygen atoms in total. The maximum Gasteiger partial charge on any atom is 0.158 e. The standard InChI is InChI=1S/C16H18Cl2N2O2/c1-3-5-7-21-15-11(9-19)12(10-20)16(14(18)13(15)17)22-8-6-4-2/h3-8H2,1-2H3. The lowest BCUT2D eigenvalue weighted by Gasteiger charge is -2.16. The van der Waals surface area contributed by atoms with Crippen LogP contribution >= 0.6 is 23.2 Å². The summed E-state index contributed by atoms with van der Waals surface area (Å²) in [6.45, 7) is 4.85. The number of hydrogen-bond acceptors (Lipinski definition) is 4. The molecule has 0 N–H and O–H groups in total. The van der Waals surface area contributed by atoms with Crippen LogP contribution in [0.5, 0.6) is 11.5 Å². The summed E-state index contributed by atoms with van der Waals surface area (Å²) in [6.07, 6.45) is 3.51. The van der Waals surface area contributed by atoms with Gasteiger partial charge in [-0.2, -0.15) is 10.5 Å². The molecule has 0 bridgehead atoms. The molecule has 0 amide bonds. The summed E-state index contributed by atoms with van der Waals surface area (Å²) in [6, 6.07) is 3.94. The number of rotatable bonds is 8. The molecular weight excluding hydrogens is 323 g/mol. The molecule has 0 aromatic heterocycles. The summed E-state index contributed by atoms with van der Waals surface area (Å²) in [5.74, 6) is 0.309. The summed E-state index contributed by atoms with van der Waals surface area (Å²) < 4.78 is 11.1. The minimum Gasteiger partial charge on any atom is -0.491 e. The Balaban J connectivity index is 3.29. The van der Waals surface area contributed by atoms with E-state index in [-0.39, 0.29) is 32.7 Å². The first-order chi connectivity index (χ1) is 10.6. The highest BCUT2D eigenvalue weighted by molar-refractivity contribution is 6.44. The van der Waals surface area contributed by atoms with Gasteiger partial charge in [0.15, 0.2) is 11.5 Å². The fourth-order valence-corrected chi connectivity index (χ4v) is 2.24. The zero-order chi connectivity index (χ0) is 16.5. The monoisotopic (exact) mass is 340 g/mol. The normalized spacial score (nSPS) is 9.91. The molecule has 0 spiro atoms. The van der Waals surface area contributed by atoms with Crippen LogP contribution in [0.1, 0.15) is 50.7 Å². The molecule has 0 aliphatic carbocycles. The van der Waals surface area contributed by atoms with E-state index in [1.54, 1.807) is 0 Å². The van der Waals surface area contributed by atoms with Gasteiger partial charge in [0.1, 0.15) is 33.3 Å². The minimum absolute atomic E-state index is 0.0690. The summed E-state index contributed by atoms with van der Waals surface area (Å²) in [7, 11) is 0. The second-order valence-electron chi connectivity index (χ2n) is 4.66. The van der Waals surface area contributed by atoms with Crippen molar-refractivity contribution in [3.8, 4) is 23.6 Å². The Morgan fingerprint density at radius 3 is 1.45 bits per heavy atom. The Morgan fingerprint density at radius 1 is 0.818 bits per heavy atom. The van der Waals surface area contributed by atoms with Crippen LogP contribution in [0, 0.1) is 22.7 Å². The molecular formula is C16H18Cl2N2O2. The highest BCUT2D eigenvalue weighted by Crippen LogP contribution is 2.44. The van der Waals surface area contributed by atoms with Gasteiger partial charge in [-0.25, -0.2) is 0 Å². The van der Waals surface area contributed by atoms with E-state index in [2.05, 4.69) is 0 Å². The quantitative estimate of drug-likeness (QED) is 0.617. The molecule has 118 valence electrons. The second-order valence-corrected chi connectivity index (χ2v) is 5.42. The van der Waals surface area contributed by atoms with Gasteiger partial charge in [-0.05, 0) is 12.8 Å². The van der Waals surface area contributed by atoms with E-state index >= 15 is 0 Å².